The topological polar surface area (TPSA) is 87.7 Å². The molecular formula is C21H27N3O4S2. The van der Waals surface area contributed by atoms with Gasteiger partial charge in [0.2, 0.25) is 15.9 Å². The van der Waals surface area contributed by atoms with Crippen LogP contribution in [0, 0.1) is 0 Å². The summed E-state index contributed by atoms with van der Waals surface area (Å²) in [7, 11) is -3.72. The van der Waals surface area contributed by atoms with Gasteiger partial charge in [0.05, 0.1) is 23.8 Å². The number of nitrogens with zero attached hydrogens (tertiary/aromatic N) is 1. The molecule has 2 aromatic rings. The molecule has 0 aromatic heterocycles. The van der Waals surface area contributed by atoms with Crippen molar-refractivity contribution in [2.75, 3.05) is 37.9 Å². The predicted molar refractivity (Wildman–Crippen MR) is 119 cm³/mol. The third-order valence-corrected chi connectivity index (χ3v) is 6.95. The van der Waals surface area contributed by atoms with Gasteiger partial charge in [0.1, 0.15) is 0 Å². The van der Waals surface area contributed by atoms with Crippen molar-refractivity contribution in [3.8, 4) is 0 Å². The van der Waals surface area contributed by atoms with Gasteiger partial charge in [-0.1, -0.05) is 24.3 Å². The Labute approximate surface area is 182 Å². The summed E-state index contributed by atoms with van der Waals surface area (Å²) in [6.45, 7) is 5.70. The summed E-state index contributed by atoms with van der Waals surface area (Å²) in [6, 6.07) is 12.7. The number of amides is 1. The van der Waals surface area contributed by atoms with Crippen molar-refractivity contribution in [2.24, 2.45) is 0 Å². The first-order valence-electron chi connectivity index (χ1n) is 9.70. The highest BCUT2D eigenvalue weighted by atomic mass is 32.2. The molecule has 1 aliphatic rings. The van der Waals surface area contributed by atoms with Crippen molar-refractivity contribution >= 4 is 33.4 Å². The highest BCUT2D eigenvalue weighted by molar-refractivity contribution is 7.98. The van der Waals surface area contributed by atoms with Crippen LogP contribution in [0.15, 0.2) is 52.3 Å². The molecule has 30 heavy (non-hydrogen) atoms. The molecule has 0 unspecified atom stereocenters. The van der Waals surface area contributed by atoms with E-state index in [4.69, 9.17) is 4.74 Å². The average molecular weight is 450 g/mol. The van der Waals surface area contributed by atoms with E-state index >= 15 is 0 Å². The number of carbonyl (C=O) groups excluding carboxylic acids is 1. The Kier molecular flexibility index (Phi) is 7.90. The summed E-state index contributed by atoms with van der Waals surface area (Å²) in [6.07, 6.45) is 1.87. The Morgan fingerprint density at radius 2 is 1.87 bits per heavy atom. The number of sulfonamides is 1. The smallest absolute Gasteiger partial charge is 0.240 e. The molecule has 1 aliphatic heterocycles. The number of ether oxygens (including phenoxy) is 1. The number of benzene rings is 2. The maximum atomic E-state index is 12.8. The van der Waals surface area contributed by atoms with Gasteiger partial charge in [-0.2, -0.15) is 0 Å². The van der Waals surface area contributed by atoms with Crippen LogP contribution in [-0.2, 0) is 32.6 Å². The lowest BCUT2D eigenvalue weighted by Crippen LogP contribution is -2.35. The molecule has 0 saturated carbocycles. The molecule has 0 radical (unpaired) electrons. The summed E-state index contributed by atoms with van der Waals surface area (Å²) >= 11 is 1.44. The molecular weight excluding hydrogens is 422 g/mol. The highest BCUT2D eigenvalue weighted by Gasteiger charge is 2.17. The van der Waals surface area contributed by atoms with Crippen molar-refractivity contribution in [3.05, 3.63) is 53.6 Å². The van der Waals surface area contributed by atoms with E-state index in [-0.39, 0.29) is 17.3 Å². The van der Waals surface area contributed by atoms with Crippen molar-refractivity contribution in [3.63, 3.8) is 0 Å². The van der Waals surface area contributed by atoms with Crippen LogP contribution in [0.4, 0.5) is 5.69 Å². The standard InChI is InChI=1S/C21H27N3O4S2/c1-16(25)23-20-13-19(6-7-21(20)29-2)30(26,27)22-14-17-4-3-5-18(12-17)15-24-8-10-28-11-9-24/h3-7,12-13,22H,8-11,14-15H2,1-2H3,(H,23,25). The second kappa shape index (κ2) is 10.4. The van der Waals surface area contributed by atoms with Crippen LogP contribution in [-0.4, -0.2) is 51.8 Å². The van der Waals surface area contributed by atoms with E-state index in [1.807, 2.05) is 30.5 Å². The Balaban J connectivity index is 1.69. The Morgan fingerprint density at radius 1 is 1.13 bits per heavy atom. The molecule has 0 atom stereocenters. The first-order chi connectivity index (χ1) is 14.4. The molecule has 7 nitrogen and oxygen atoms in total. The molecule has 0 spiro atoms. The van der Waals surface area contributed by atoms with Gasteiger partial charge in [-0.15, -0.1) is 11.8 Å². The van der Waals surface area contributed by atoms with E-state index in [9.17, 15) is 13.2 Å². The molecule has 0 bridgehead atoms. The fraction of sp³-hybridized carbons (Fsp3) is 0.381. The lowest BCUT2D eigenvalue weighted by atomic mass is 10.1. The second-order valence-electron chi connectivity index (χ2n) is 7.08. The fourth-order valence-corrected chi connectivity index (χ4v) is 4.84. The Morgan fingerprint density at radius 3 is 2.57 bits per heavy atom. The minimum absolute atomic E-state index is 0.119. The molecule has 3 rings (SSSR count). The van der Waals surface area contributed by atoms with Crippen LogP contribution in [0.1, 0.15) is 18.1 Å². The Hall–Kier alpha value is -1.91. The summed E-state index contributed by atoms with van der Waals surface area (Å²) in [5.41, 5.74) is 2.53. The first kappa shape index (κ1) is 22.8. The van der Waals surface area contributed by atoms with E-state index in [0.717, 1.165) is 48.9 Å². The SMILES string of the molecule is CSc1ccc(S(=O)(=O)NCc2cccc(CN3CCOCC3)c2)cc1NC(C)=O. The summed E-state index contributed by atoms with van der Waals surface area (Å²) < 4.78 is 33.6. The highest BCUT2D eigenvalue weighted by Crippen LogP contribution is 2.28. The van der Waals surface area contributed by atoms with Crippen molar-refractivity contribution in [1.29, 1.82) is 0 Å². The van der Waals surface area contributed by atoms with Gasteiger partial charge in [-0.25, -0.2) is 13.1 Å². The second-order valence-corrected chi connectivity index (χ2v) is 9.69. The number of hydrogen-bond donors (Lipinski definition) is 2. The number of rotatable bonds is 8. The molecule has 9 heteroatoms. The minimum atomic E-state index is -3.72. The van der Waals surface area contributed by atoms with Crippen LogP contribution < -0.4 is 10.0 Å². The molecule has 162 valence electrons. The van der Waals surface area contributed by atoms with Crippen LogP contribution >= 0.6 is 11.8 Å². The zero-order valence-corrected chi connectivity index (χ0v) is 18.8. The lowest BCUT2D eigenvalue weighted by molar-refractivity contribution is -0.114. The first-order valence-corrected chi connectivity index (χ1v) is 12.4. The Bertz CT molecular complexity index is 989. The molecule has 1 saturated heterocycles. The van der Waals surface area contributed by atoms with E-state index in [1.54, 1.807) is 12.1 Å². The zero-order chi connectivity index (χ0) is 21.6. The summed E-state index contributed by atoms with van der Waals surface area (Å²) in [5, 5.41) is 2.69. The van der Waals surface area contributed by atoms with Gasteiger partial charge in [0.15, 0.2) is 0 Å². The van der Waals surface area contributed by atoms with Crippen molar-refractivity contribution in [2.45, 2.75) is 29.8 Å². The maximum absolute atomic E-state index is 12.8. The van der Waals surface area contributed by atoms with Crippen molar-refractivity contribution in [1.82, 2.24) is 9.62 Å². The van der Waals surface area contributed by atoms with E-state index in [2.05, 4.69) is 14.9 Å². The summed E-state index contributed by atoms with van der Waals surface area (Å²) in [5.74, 6) is -0.245. The van der Waals surface area contributed by atoms with Crippen LogP contribution in [0.3, 0.4) is 0 Å². The third-order valence-electron chi connectivity index (χ3n) is 4.76. The van der Waals surface area contributed by atoms with Crippen LogP contribution in [0.5, 0.6) is 0 Å². The molecule has 1 heterocycles. The van der Waals surface area contributed by atoms with E-state index in [1.165, 1.54) is 24.8 Å². The van der Waals surface area contributed by atoms with Gasteiger partial charge >= 0.3 is 0 Å². The van der Waals surface area contributed by atoms with E-state index < -0.39 is 10.0 Å². The monoisotopic (exact) mass is 449 g/mol. The fourth-order valence-electron chi connectivity index (χ4n) is 3.26. The number of carbonyl (C=O) groups is 1. The lowest BCUT2D eigenvalue weighted by Gasteiger charge is -2.26. The quantitative estimate of drug-likeness (QED) is 0.603. The molecule has 1 fully saturated rings. The predicted octanol–water partition coefficient (Wildman–Crippen LogP) is 2.68. The average Bonchev–Trinajstić information content (AvgIpc) is 2.73. The normalized spacial score (nSPS) is 15.1. The van der Waals surface area contributed by atoms with E-state index in [0.29, 0.717) is 5.69 Å². The van der Waals surface area contributed by atoms with Crippen molar-refractivity contribution < 1.29 is 17.9 Å². The third kappa shape index (κ3) is 6.29. The van der Waals surface area contributed by atoms with Gasteiger partial charge in [-0.05, 0) is 35.6 Å². The van der Waals surface area contributed by atoms with Gasteiger partial charge in [0, 0.05) is 38.0 Å². The number of nitrogens with one attached hydrogen (secondary N) is 2. The summed E-state index contributed by atoms with van der Waals surface area (Å²) in [4.78, 5) is 14.7. The van der Waals surface area contributed by atoms with Gasteiger partial charge in [-0.3, -0.25) is 9.69 Å². The molecule has 2 aromatic carbocycles. The molecule has 0 aliphatic carbocycles. The molecule has 2 N–H and O–H groups in total. The maximum Gasteiger partial charge on any atom is 0.240 e. The zero-order valence-electron chi connectivity index (χ0n) is 17.2. The van der Waals surface area contributed by atoms with Crippen LogP contribution in [0.2, 0.25) is 0 Å². The number of thioether (sulfide) groups is 1. The van der Waals surface area contributed by atoms with Crippen LogP contribution in [0.25, 0.3) is 0 Å². The van der Waals surface area contributed by atoms with Gasteiger partial charge in [0.25, 0.3) is 0 Å². The van der Waals surface area contributed by atoms with Gasteiger partial charge < -0.3 is 10.1 Å². The largest absolute Gasteiger partial charge is 0.379 e. The number of hydrogen-bond acceptors (Lipinski definition) is 6. The number of morpholine rings is 1. The minimum Gasteiger partial charge on any atom is -0.379 e. The number of anilines is 1. The molecule has 1 amide bonds.